The van der Waals surface area contributed by atoms with E-state index < -0.39 is 0 Å². The van der Waals surface area contributed by atoms with E-state index in [-0.39, 0.29) is 0 Å². The molecule has 8 heterocycles. The number of hydrogen-bond acceptors (Lipinski definition) is 7. The molecule has 20 atom stereocenters. The third-order valence-electron chi connectivity index (χ3n) is 24.4. The van der Waals surface area contributed by atoms with Gasteiger partial charge in [-0.2, -0.15) is 58.8 Å². The summed E-state index contributed by atoms with van der Waals surface area (Å²) in [6.45, 7) is 37.3. The lowest BCUT2D eigenvalue weighted by Gasteiger charge is -2.18. The first-order valence-corrected chi connectivity index (χ1v) is 46.4. The number of thioether (sulfide) groups is 5. The van der Waals surface area contributed by atoms with E-state index in [1.165, 1.54) is 197 Å². The number of piperidine rings is 1. The molecular formula is C81H158N2S5. The van der Waals surface area contributed by atoms with Gasteiger partial charge in [0.2, 0.25) is 0 Å². The van der Waals surface area contributed by atoms with Crippen LogP contribution in [0.2, 0.25) is 0 Å². The van der Waals surface area contributed by atoms with E-state index in [1.807, 2.05) is 125 Å². The molecule has 13 aliphatic carbocycles. The van der Waals surface area contributed by atoms with Crippen LogP contribution >= 0.6 is 58.8 Å². The molecule has 0 spiro atoms. The lowest BCUT2D eigenvalue weighted by Crippen LogP contribution is -2.33. The second kappa shape index (κ2) is 47.6. The first-order chi connectivity index (χ1) is 43.6. The van der Waals surface area contributed by atoms with Crippen LogP contribution in [0.3, 0.4) is 0 Å². The van der Waals surface area contributed by atoms with Crippen molar-refractivity contribution in [3.8, 4) is 0 Å². The molecule has 21 rings (SSSR count). The van der Waals surface area contributed by atoms with Crippen molar-refractivity contribution >= 4 is 58.8 Å². The summed E-state index contributed by atoms with van der Waals surface area (Å²) >= 11 is 11.0. The van der Waals surface area contributed by atoms with Gasteiger partial charge >= 0.3 is 0 Å². The molecule has 12 bridgehead atoms. The summed E-state index contributed by atoms with van der Waals surface area (Å²) in [4.78, 5) is 0. The monoisotopic (exact) mass is 1320 g/mol. The van der Waals surface area contributed by atoms with Gasteiger partial charge in [0, 0.05) is 44.4 Å². The van der Waals surface area contributed by atoms with Crippen LogP contribution in [-0.2, 0) is 0 Å². The van der Waals surface area contributed by atoms with Gasteiger partial charge < -0.3 is 10.6 Å². The predicted octanol–water partition coefficient (Wildman–Crippen LogP) is 25.9. The standard InChI is InChI=1S/C9H14.2C8H13N.3C8H12S.C5H10S.C5H10.C4H8S.9C2H6/c1-2-8-4-6-3-7(1)9(8)5-6;1-5-2-7-6(1)4-9-8(7)3-5;1-2-8-7-4-6(9-8)3-5(1)7;1-5-2-7-6(1)4-9-8(7)3-5;1-2-8-7-4-6(9-8)3-5(1)7;1-2-6-4-7-3-5(1)8(6)9-7;1-2-4-6-5-3-1;2*1-2-4-5-3-1;9*1-2/h6-9H,1-5H2;2*5-9H,1-4H2;3*5-8H,1-4H2;1-5H2;1-5H2;1-4H2;9*1-2H3. The van der Waals surface area contributed by atoms with E-state index in [0.717, 1.165) is 74.0 Å². The minimum Gasteiger partial charge on any atom is -0.313 e. The zero-order chi connectivity index (χ0) is 64.4. The zero-order valence-corrected chi connectivity index (χ0v) is 66.6. The third-order valence-corrected chi connectivity index (χ3v) is 31.9. The average Bonchev–Trinajstić information content (AvgIpc) is 2.58. The molecule has 0 amide bonds. The Labute approximate surface area is 576 Å². The van der Waals surface area contributed by atoms with E-state index in [4.69, 9.17) is 0 Å². The summed E-state index contributed by atoms with van der Waals surface area (Å²) in [6, 6.07) is 2.84. The fraction of sp³-hybridized carbons (Fsp3) is 1.00. The normalized spacial score (nSPS) is 42.6. The molecule has 13 saturated carbocycles. The highest BCUT2D eigenvalue weighted by Gasteiger charge is 2.54. The summed E-state index contributed by atoms with van der Waals surface area (Å²) in [5.74, 6) is 25.8. The smallest absolute Gasteiger partial charge is 0.0107 e. The summed E-state index contributed by atoms with van der Waals surface area (Å²) < 4.78 is 0. The van der Waals surface area contributed by atoms with E-state index in [0.29, 0.717) is 0 Å². The highest BCUT2D eigenvalue weighted by Crippen LogP contribution is 2.62. The Kier molecular flexibility index (Phi) is 44.4. The van der Waals surface area contributed by atoms with Gasteiger partial charge in [-0.25, -0.2) is 0 Å². The second-order valence-electron chi connectivity index (χ2n) is 28.5. The maximum atomic E-state index is 3.68. The minimum absolute atomic E-state index is 0.937. The van der Waals surface area contributed by atoms with Crippen molar-refractivity contribution in [3.63, 3.8) is 0 Å². The van der Waals surface area contributed by atoms with Crippen LogP contribution in [0.25, 0.3) is 0 Å². The molecule has 21 aliphatic rings. The summed E-state index contributed by atoms with van der Waals surface area (Å²) in [5, 5.41) is 12.9. The summed E-state index contributed by atoms with van der Waals surface area (Å²) in [5.41, 5.74) is 0. The largest absolute Gasteiger partial charge is 0.313 e. The van der Waals surface area contributed by atoms with Crippen molar-refractivity contribution in [1.29, 1.82) is 0 Å². The molecule has 8 saturated heterocycles. The predicted molar refractivity (Wildman–Crippen MR) is 414 cm³/mol. The van der Waals surface area contributed by atoms with Gasteiger partial charge in [-0.3, -0.25) is 0 Å². The fourth-order valence-corrected chi connectivity index (χ4v) is 29.4. The molecular weight excluding hydrogens is 1160 g/mol. The number of fused-ring (bicyclic) bond motifs is 6. The Bertz CT molecular complexity index is 1250. The van der Waals surface area contributed by atoms with Crippen LogP contribution in [-0.4, -0.2) is 79.7 Å². The van der Waals surface area contributed by atoms with E-state index in [9.17, 15) is 0 Å². The van der Waals surface area contributed by atoms with Gasteiger partial charge in [0.05, 0.1) is 0 Å². The third kappa shape index (κ3) is 23.4. The highest BCUT2D eigenvalue weighted by atomic mass is 32.2. The van der Waals surface area contributed by atoms with Crippen LogP contribution < -0.4 is 10.6 Å². The highest BCUT2D eigenvalue weighted by molar-refractivity contribution is 8.01. The van der Waals surface area contributed by atoms with Crippen molar-refractivity contribution in [2.45, 2.75) is 381 Å². The lowest BCUT2D eigenvalue weighted by atomic mass is 9.89. The molecule has 0 aromatic heterocycles. The molecule has 2 nitrogen and oxygen atoms in total. The molecule has 0 radical (unpaired) electrons. The van der Waals surface area contributed by atoms with Crippen LogP contribution in [0.5, 0.6) is 0 Å². The molecule has 7 heteroatoms. The van der Waals surface area contributed by atoms with Crippen LogP contribution in [0, 0.1) is 94.7 Å². The summed E-state index contributed by atoms with van der Waals surface area (Å²) in [7, 11) is 0. The van der Waals surface area contributed by atoms with Gasteiger partial charge in [-0.15, -0.1) is 0 Å². The number of rotatable bonds is 0. The fourth-order valence-electron chi connectivity index (χ4n) is 21.4. The SMILES string of the molecule is C1CC2CC3CC1C2C3.C1CC2CC3CC1C2S3.C1CC2NC3CC1C2C3.C1CC2SC3CC1C2C3.C1CCCC1.C1CCSC1.C1CCSCC1.C1NC2CC3CC1C2C3.C1SC2CC3CC1C2C3.CC.CC.CC.CC.CC.CC.CC.CC.CC. The van der Waals surface area contributed by atoms with Gasteiger partial charge in [0.1, 0.15) is 0 Å². The van der Waals surface area contributed by atoms with Crippen molar-refractivity contribution in [1.82, 2.24) is 10.6 Å². The van der Waals surface area contributed by atoms with Crippen molar-refractivity contribution in [2.24, 2.45) is 94.7 Å². The van der Waals surface area contributed by atoms with Crippen molar-refractivity contribution in [2.75, 3.05) is 35.3 Å². The number of nitrogens with one attached hydrogen (secondary N) is 2. The van der Waals surface area contributed by atoms with Crippen molar-refractivity contribution in [3.05, 3.63) is 0 Å². The van der Waals surface area contributed by atoms with Gasteiger partial charge in [0.25, 0.3) is 0 Å². The Balaban J connectivity index is 0.000000206. The van der Waals surface area contributed by atoms with Crippen LogP contribution in [0.1, 0.15) is 337 Å². The molecule has 2 N–H and O–H groups in total. The van der Waals surface area contributed by atoms with Gasteiger partial charge in [-0.05, 0) is 303 Å². The Morgan fingerprint density at radius 3 is 1.10 bits per heavy atom. The Morgan fingerprint density at radius 1 is 0.284 bits per heavy atom. The molecule has 8 aliphatic heterocycles. The molecule has 88 heavy (non-hydrogen) atoms. The molecule has 20 unspecified atom stereocenters. The van der Waals surface area contributed by atoms with Gasteiger partial charge in [-0.1, -0.05) is 163 Å². The minimum atomic E-state index is 0.937. The molecule has 0 aromatic rings. The first-order valence-electron chi connectivity index (χ1n) is 41.2. The zero-order valence-electron chi connectivity index (χ0n) is 62.5. The summed E-state index contributed by atoms with van der Waals surface area (Å²) in [6.07, 6.45) is 50.8. The topological polar surface area (TPSA) is 24.1 Å². The first kappa shape index (κ1) is 82.1. The number of hydrogen-bond donors (Lipinski definition) is 2. The quantitative estimate of drug-likeness (QED) is 0.249. The maximum Gasteiger partial charge on any atom is 0.0107 e. The lowest BCUT2D eigenvalue weighted by molar-refractivity contribution is 0.332. The Hall–Kier alpha value is 1.67. The maximum absolute atomic E-state index is 3.68. The average molecular weight is 1320 g/mol. The van der Waals surface area contributed by atoms with E-state index in [1.54, 1.807) is 116 Å². The Morgan fingerprint density at radius 2 is 0.705 bits per heavy atom. The van der Waals surface area contributed by atoms with Crippen molar-refractivity contribution < 1.29 is 0 Å². The molecule has 0 aromatic carbocycles. The molecule has 21 fully saturated rings. The van der Waals surface area contributed by atoms with E-state index in [2.05, 4.69) is 69.4 Å². The van der Waals surface area contributed by atoms with E-state index >= 15 is 0 Å². The molecule has 522 valence electrons. The van der Waals surface area contributed by atoms with Gasteiger partial charge in [0.15, 0.2) is 0 Å². The second-order valence-corrected chi connectivity index (χ2v) is 35.2. The van der Waals surface area contributed by atoms with Crippen LogP contribution in [0.4, 0.5) is 0 Å². The van der Waals surface area contributed by atoms with Crippen LogP contribution in [0.15, 0.2) is 0 Å².